The largest absolute Gasteiger partial charge is 0.380 e. The van der Waals surface area contributed by atoms with Gasteiger partial charge in [-0.1, -0.05) is 5.16 Å². The SMILES string of the molecule is CCn1c([C@@H]2C[C@H](OC)CN2Cc2ccon2)n[nH]c1=O. The number of nitrogens with one attached hydrogen (secondary N) is 1. The molecule has 1 aliphatic heterocycles. The first-order chi connectivity index (χ1) is 10.2. The molecule has 1 fully saturated rings. The van der Waals surface area contributed by atoms with Crippen LogP contribution in [0, 0.1) is 0 Å². The zero-order chi connectivity index (χ0) is 14.8. The average Bonchev–Trinajstić information content (AvgIpc) is 3.19. The number of aromatic amines is 1. The van der Waals surface area contributed by atoms with Crippen molar-refractivity contribution in [3.63, 3.8) is 0 Å². The lowest BCUT2D eigenvalue weighted by Crippen LogP contribution is -2.28. The number of rotatable bonds is 5. The van der Waals surface area contributed by atoms with Crippen LogP contribution in [0.25, 0.3) is 0 Å². The van der Waals surface area contributed by atoms with Gasteiger partial charge >= 0.3 is 5.69 Å². The number of hydrogen-bond donors (Lipinski definition) is 1. The molecule has 3 heterocycles. The first kappa shape index (κ1) is 14.0. The number of nitrogens with zero attached hydrogens (tertiary/aromatic N) is 4. The second kappa shape index (κ2) is 5.82. The Kier molecular flexibility index (Phi) is 3.89. The Morgan fingerprint density at radius 2 is 2.43 bits per heavy atom. The van der Waals surface area contributed by atoms with Crippen molar-refractivity contribution in [3.8, 4) is 0 Å². The first-order valence-corrected chi connectivity index (χ1v) is 7.04. The van der Waals surface area contributed by atoms with Gasteiger partial charge in [-0.15, -0.1) is 0 Å². The molecule has 8 heteroatoms. The molecule has 1 aliphatic rings. The van der Waals surface area contributed by atoms with Gasteiger partial charge in [-0.25, -0.2) is 9.89 Å². The van der Waals surface area contributed by atoms with E-state index in [2.05, 4.69) is 20.3 Å². The number of aromatic nitrogens is 4. The monoisotopic (exact) mass is 293 g/mol. The van der Waals surface area contributed by atoms with Gasteiger partial charge in [-0.05, 0) is 13.3 Å². The number of H-pyrrole nitrogens is 1. The standard InChI is InChI=1S/C13H19N5O3/c1-3-18-12(14-15-13(18)19)11-6-10(20-2)8-17(11)7-9-4-5-21-16-9/h4-5,10-11H,3,6-8H2,1-2H3,(H,15,19)/t10-,11-/m0/s1. The van der Waals surface area contributed by atoms with Crippen molar-refractivity contribution in [1.82, 2.24) is 24.8 Å². The maximum atomic E-state index is 11.8. The highest BCUT2D eigenvalue weighted by Gasteiger charge is 2.36. The summed E-state index contributed by atoms with van der Waals surface area (Å²) in [5.74, 6) is 0.755. The molecular formula is C13H19N5O3. The summed E-state index contributed by atoms with van der Waals surface area (Å²) in [6.07, 6.45) is 2.49. The van der Waals surface area contributed by atoms with Crippen LogP contribution in [0.2, 0.25) is 0 Å². The Labute approximate surface area is 121 Å². The molecule has 114 valence electrons. The molecule has 21 heavy (non-hydrogen) atoms. The summed E-state index contributed by atoms with van der Waals surface area (Å²) in [6, 6.07) is 1.87. The van der Waals surface area contributed by atoms with Crippen LogP contribution < -0.4 is 5.69 Å². The number of likely N-dealkylation sites (tertiary alicyclic amines) is 1. The van der Waals surface area contributed by atoms with Crippen LogP contribution in [0.3, 0.4) is 0 Å². The van der Waals surface area contributed by atoms with E-state index in [0.29, 0.717) is 13.1 Å². The summed E-state index contributed by atoms with van der Waals surface area (Å²) in [5.41, 5.74) is 0.687. The van der Waals surface area contributed by atoms with Crippen molar-refractivity contribution >= 4 is 0 Å². The van der Waals surface area contributed by atoms with Gasteiger partial charge in [0.15, 0.2) is 5.82 Å². The predicted molar refractivity (Wildman–Crippen MR) is 73.6 cm³/mol. The van der Waals surface area contributed by atoms with Crippen LogP contribution in [-0.4, -0.2) is 44.6 Å². The fraction of sp³-hybridized carbons (Fsp3) is 0.615. The summed E-state index contributed by atoms with van der Waals surface area (Å²) >= 11 is 0. The molecule has 0 aromatic carbocycles. The quantitative estimate of drug-likeness (QED) is 0.865. The van der Waals surface area contributed by atoms with E-state index >= 15 is 0 Å². The molecule has 1 saturated heterocycles. The molecule has 0 aliphatic carbocycles. The van der Waals surface area contributed by atoms with Gasteiger partial charge in [0.1, 0.15) is 6.26 Å². The molecule has 0 saturated carbocycles. The van der Waals surface area contributed by atoms with Crippen LogP contribution in [0.1, 0.15) is 30.9 Å². The number of ether oxygens (including phenoxy) is 1. The molecule has 2 aromatic heterocycles. The molecule has 2 aromatic rings. The van der Waals surface area contributed by atoms with Gasteiger partial charge in [0.25, 0.3) is 0 Å². The number of hydrogen-bond acceptors (Lipinski definition) is 6. The van der Waals surface area contributed by atoms with E-state index in [-0.39, 0.29) is 17.8 Å². The van der Waals surface area contributed by atoms with E-state index in [0.717, 1.165) is 24.5 Å². The third kappa shape index (κ3) is 2.64. The number of methoxy groups -OCH3 is 1. The van der Waals surface area contributed by atoms with Crippen LogP contribution in [0.5, 0.6) is 0 Å². The van der Waals surface area contributed by atoms with E-state index < -0.39 is 0 Å². The molecule has 3 rings (SSSR count). The van der Waals surface area contributed by atoms with E-state index in [9.17, 15) is 4.79 Å². The van der Waals surface area contributed by atoms with Crippen LogP contribution in [-0.2, 0) is 17.8 Å². The second-order valence-corrected chi connectivity index (χ2v) is 5.16. The van der Waals surface area contributed by atoms with Crippen LogP contribution >= 0.6 is 0 Å². The Morgan fingerprint density at radius 3 is 3.10 bits per heavy atom. The highest BCUT2D eigenvalue weighted by atomic mass is 16.5. The maximum Gasteiger partial charge on any atom is 0.343 e. The smallest absolute Gasteiger partial charge is 0.343 e. The van der Waals surface area contributed by atoms with E-state index in [1.54, 1.807) is 17.9 Å². The van der Waals surface area contributed by atoms with Gasteiger partial charge in [-0.2, -0.15) is 5.10 Å². The Balaban J connectivity index is 1.88. The van der Waals surface area contributed by atoms with Crippen LogP contribution in [0.15, 0.2) is 21.6 Å². The normalized spacial score (nSPS) is 23.0. The molecule has 8 nitrogen and oxygen atoms in total. The molecular weight excluding hydrogens is 274 g/mol. The minimum absolute atomic E-state index is 0.0329. The van der Waals surface area contributed by atoms with Crippen LogP contribution in [0.4, 0.5) is 0 Å². The summed E-state index contributed by atoms with van der Waals surface area (Å²) < 4.78 is 12.0. The molecule has 0 unspecified atom stereocenters. The van der Waals surface area contributed by atoms with Gasteiger partial charge in [-0.3, -0.25) is 9.47 Å². The molecule has 2 atom stereocenters. The second-order valence-electron chi connectivity index (χ2n) is 5.16. The fourth-order valence-electron chi connectivity index (χ4n) is 2.89. The molecule has 0 bridgehead atoms. The molecule has 0 spiro atoms. The highest BCUT2D eigenvalue weighted by molar-refractivity contribution is 5.05. The lowest BCUT2D eigenvalue weighted by atomic mass is 10.2. The van der Waals surface area contributed by atoms with Gasteiger partial charge < -0.3 is 9.26 Å². The summed E-state index contributed by atoms with van der Waals surface area (Å²) in [6.45, 7) is 3.95. The summed E-state index contributed by atoms with van der Waals surface area (Å²) in [5, 5.41) is 10.7. The highest BCUT2D eigenvalue weighted by Crippen LogP contribution is 2.32. The summed E-state index contributed by atoms with van der Waals surface area (Å²) in [4.78, 5) is 14.0. The molecule has 0 radical (unpaired) electrons. The van der Waals surface area contributed by atoms with E-state index in [4.69, 9.17) is 9.26 Å². The van der Waals surface area contributed by atoms with Gasteiger partial charge in [0.2, 0.25) is 0 Å². The van der Waals surface area contributed by atoms with Crippen molar-refractivity contribution in [2.24, 2.45) is 0 Å². The van der Waals surface area contributed by atoms with E-state index in [1.165, 1.54) is 0 Å². The molecule has 0 amide bonds. The predicted octanol–water partition coefficient (Wildman–Crippen LogP) is 0.541. The Bertz CT molecular complexity index is 633. The van der Waals surface area contributed by atoms with Crippen molar-refractivity contribution in [1.29, 1.82) is 0 Å². The summed E-state index contributed by atoms with van der Waals surface area (Å²) in [7, 11) is 1.71. The van der Waals surface area contributed by atoms with Crippen molar-refractivity contribution in [2.75, 3.05) is 13.7 Å². The third-order valence-corrected chi connectivity index (χ3v) is 3.96. The fourth-order valence-corrected chi connectivity index (χ4v) is 2.89. The Morgan fingerprint density at radius 1 is 1.57 bits per heavy atom. The average molecular weight is 293 g/mol. The van der Waals surface area contributed by atoms with Crippen molar-refractivity contribution in [2.45, 2.75) is 38.6 Å². The minimum Gasteiger partial charge on any atom is -0.380 e. The lowest BCUT2D eigenvalue weighted by molar-refractivity contribution is 0.107. The first-order valence-electron chi connectivity index (χ1n) is 7.04. The maximum absolute atomic E-state index is 11.8. The van der Waals surface area contributed by atoms with Gasteiger partial charge in [0.05, 0.1) is 17.8 Å². The van der Waals surface area contributed by atoms with E-state index in [1.807, 2.05) is 13.0 Å². The topological polar surface area (TPSA) is 89.2 Å². The van der Waals surface area contributed by atoms with Crippen molar-refractivity contribution < 1.29 is 9.26 Å². The molecule has 1 N–H and O–H groups in total. The lowest BCUT2D eigenvalue weighted by Gasteiger charge is -2.22. The van der Waals surface area contributed by atoms with Crippen molar-refractivity contribution in [3.05, 3.63) is 34.3 Å². The van der Waals surface area contributed by atoms with Gasteiger partial charge in [0, 0.05) is 32.8 Å². The zero-order valence-corrected chi connectivity index (χ0v) is 12.2. The Hall–Kier alpha value is -1.93. The minimum atomic E-state index is -0.172. The zero-order valence-electron chi connectivity index (χ0n) is 12.2. The third-order valence-electron chi connectivity index (χ3n) is 3.96.